The van der Waals surface area contributed by atoms with Crippen LogP contribution in [0, 0.1) is 6.92 Å². The summed E-state index contributed by atoms with van der Waals surface area (Å²) in [5, 5.41) is 18.8. The molecule has 1 saturated carbocycles. The fourth-order valence-electron chi connectivity index (χ4n) is 2.51. The van der Waals surface area contributed by atoms with Crippen LogP contribution in [0.1, 0.15) is 36.8 Å². The molecule has 0 bridgehead atoms. The van der Waals surface area contributed by atoms with E-state index in [4.69, 9.17) is 5.11 Å². The third-order valence-corrected chi connectivity index (χ3v) is 3.52. The first-order valence-electron chi connectivity index (χ1n) is 5.55. The molecule has 0 heterocycles. The lowest BCUT2D eigenvalue weighted by Crippen LogP contribution is -2.36. The van der Waals surface area contributed by atoms with Gasteiger partial charge in [0.25, 0.3) is 0 Å². The summed E-state index contributed by atoms with van der Waals surface area (Å²) in [4.78, 5) is 10.9. The van der Waals surface area contributed by atoms with Crippen LogP contribution in [-0.2, 0) is 10.2 Å². The molecule has 0 saturated heterocycles. The van der Waals surface area contributed by atoms with Crippen LogP contribution in [-0.4, -0.2) is 16.2 Å². The van der Waals surface area contributed by atoms with E-state index in [0.29, 0.717) is 0 Å². The third-order valence-electron chi connectivity index (χ3n) is 3.52. The van der Waals surface area contributed by atoms with Gasteiger partial charge in [-0.3, -0.25) is 4.79 Å². The number of phenolic OH excluding ortho intramolecular Hbond substituents is 1. The number of hydrogen-bond donors (Lipinski definition) is 2. The Bertz CT molecular complexity index is 419. The fraction of sp³-hybridized carbons (Fsp3) is 0.462. The first-order chi connectivity index (χ1) is 7.53. The van der Waals surface area contributed by atoms with Crippen LogP contribution in [0.3, 0.4) is 0 Å². The largest absolute Gasteiger partial charge is 0.508 e. The molecule has 2 N–H and O–H groups in total. The minimum absolute atomic E-state index is 0.115. The quantitative estimate of drug-likeness (QED) is 0.823. The van der Waals surface area contributed by atoms with Gasteiger partial charge >= 0.3 is 5.97 Å². The number of aryl methyl sites for hydroxylation is 1. The molecule has 0 spiro atoms. The number of carboxylic acids is 1. The van der Waals surface area contributed by atoms with Gasteiger partial charge in [-0.2, -0.15) is 0 Å². The molecule has 1 aromatic carbocycles. The summed E-state index contributed by atoms with van der Waals surface area (Å²) in [6, 6.07) is 5.41. The molecule has 86 valence electrons. The Morgan fingerprint density at radius 2 is 2.12 bits per heavy atom. The number of carboxylic acid groups (broad SMARTS) is 1. The zero-order valence-electron chi connectivity index (χ0n) is 9.36. The van der Waals surface area contributed by atoms with Gasteiger partial charge in [0.15, 0.2) is 0 Å². The topological polar surface area (TPSA) is 57.5 Å². The second-order valence-corrected chi connectivity index (χ2v) is 4.73. The number of benzene rings is 1. The van der Waals surface area contributed by atoms with Gasteiger partial charge in [0, 0.05) is 11.0 Å². The van der Waals surface area contributed by atoms with Crippen molar-refractivity contribution in [2.75, 3.05) is 0 Å². The van der Waals surface area contributed by atoms with Crippen molar-refractivity contribution < 1.29 is 15.0 Å². The minimum Gasteiger partial charge on any atom is -0.508 e. The normalized spacial score (nSPS) is 17.8. The second-order valence-electron chi connectivity index (χ2n) is 4.73. The predicted octanol–water partition coefficient (Wildman–Crippen LogP) is 2.60. The predicted molar refractivity (Wildman–Crippen MR) is 60.6 cm³/mol. The van der Waals surface area contributed by atoms with E-state index in [0.717, 1.165) is 30.4 Å². The van der Waals surface area contributed by atoms with Crippen LogP contribution >= 0.6 is 0 Å². The van der Waals surface area contributed by atoms with Crippen molar-refractivity contribution in [3.8, 4) is 5.75 Å². The Hall–Kier alpha value is -1.51. The van der Waals surface area contributed by atoms with E-state index < -0.39 is 5.97 Å². The number of carbonyl (C=O) groups is 1. The summed E-state index contributed by atoms with van der Waals surface area (Å²) in [5.41, 5.74) is 1.53. The maximum atomic E-state index is 10.9. The molecule has 1 fully saturated rings. The van der Waals surface area contributed by atoms with E-state index in [1.165, 1.54) is 0 Å². The maximum absolute atomic E-state index is 10.9. The van der Waals surface area contributed by atoms with Gasteiger partial charge in [0.05, 0.1) is 6.42 Å². The number of hydrogen-bond acceptors (Lipinski definition) is 2. The Labute approximate surface area is 94.7 Å². The van der Waals surface area contributed by atoms with Crippen LogP contribution in [0.15, 0.2) is 18.2 Å². The molecule has 0 aliphatic heterocycles. The molecule has 0 aromatic heterocycles. The van der Waals surface area contributed by atoms with Crippen molar-refractivity contribution in [3.63, 3.8) is 0 Å². The molecule has 0 atom stereocenters. The lowest BCUT2D eigenvalue weighted by molar-refractivity contribution is -0.139. The smallest absolute Gasteiger partial charge is 0.304 e. The standard InChI is InChI=1S/C13H16O3/c1-9-3-4-11(14)10(7-9)13(5-2-6-13)8-12(15)16/h3-4,7,14H,2,5-6,8H2,1H3,(H,15,16). The van der Waals surface area contributed by atoms with Gasteiger partial charge in [0.1, 0.15) is 5.75 Å². The van der Waals surface area contributed by atoms with Crippen molar-refractivity contribution in [1.29, 1.82) is 0 Å². The Balaban J connectivity index is 2.39. The van der Waals surface area contributed by atoms with Crippen LogP contribution in [0.2, 0.25) is 0 Å². The highest BCUT2D eigenvalue weighted by Crippen LogP contribution is 2.49. The van der Waals surface area contributed by atoms with Gasteiger partial charge < -0.3 is 10.2 Å². The molecular formula is C13H16O3. The first-order valence-corrected chi connectivity index (χ1v) is 5.55. The molecule has 0 radical (unpaired) electrons. The molecule has 16 heavy (non-hydrogen) atoms. The molecule has 0 unspecified atom stereocenters. The first kappa shape index (κ1) is 11.0. The summed E-state index contributed by atoms with van der Waals surface area (Å²) in [5.74, 6) is -0.563. The van der Waals surface area contributed by atoms with Crippen LogP contribution in [0.5, 0.6) is 5.75 Å². The molecule has 1 aromatic rings. The van der Waals surface area contributed by atoms with E-state index in [2.05, 4.69) is 0 Å². The molecule has 1 aliphatic rings. The van der Waals surface area contributed by atoms with E-state index in [1.54, 1.807) is 6.07 Å². The average molecular weight is 220 g/mol. The van der Waals surface area contributed by atoms with E-state index in [1.807, 2.05) is 19.1 Å². The number of rotatable bonds is 3. The molecular weight excluding hydrogens is 204 g/mol. The molecule has 3 nitrogen and oxygen atoms in total. The maximum Gasteiger partial charge on any atom is 0.304 e. The van der Waals surface area contributed by atoms with Gasteiger partial charge in [-0.25, -0.2) is 0 Å². The highest BCUT2D eigenvalue weighted by molar-refractivity contribution is 5.70. The molecule has 0 amide bonds. The zero-order chi connectivity index (χ0) is 11.8. The van der Waals surface area contributed by atoms with Crippen molar-refractivity contribution in [1.82, 2.24) is 0 Å². The average Bonchev–Trinajstić information content (AvgIpc) is 2.15. The van der Waals surface area contributed by atoms with Gasteiger partial charge in [0.2, 0.25) is 0 Å². The van der Waals surface area contributed by atoms with Crippen LogP contribution in [0.25, 0.3) is 0 Å². The number of phenols is 1. The Morgan fingerprint density at radius 3 is 2.62 bits per heavy atom. The Kier molecular flexibility index (Phi) is 2.62. The van der Waals surface area contributed by atoms with E-state index in [-0.39, 0.29) is 17.6 Å². The highest BCUT2D eigenvalue weighted by atomic mass is 16.4. The SMILES string of the molecule is Cc1ccc(O)c(C2(CC(=O)O)CCC2)c1. The molecule has 1 aliphatic carbocycles. The lowest BCUT2D eigenvalue weighted by Gasteiger charge is -2.41. The summed E-state index contributed by atoms with van der Waals surface area (Å²) in [6.07, 6.45) is 2.87. The van der Waals surface area contributed by atoms with Crippen molar-refractivity contribution in [2.45, 2.75) is 38.0 Å². The van der Waals surface area contributed by atoms with Gasteiger partial charge in [-0.1, -0.05) is 24.1 Å². The highest BCUT2D eigenvalue weighted by Gasteiger charge is 2.42. The third kappa shape index (κ3) is 1.77. The van der Waals surface area contributed by atoms with E-state index >= 15 is 0 Å². The summed E-state index contributed by atoms with van der Waals surface area (Å²) in [7, 11) is 0. The van der Waals surface area contributed by atoms with Crippen LogP contribution in [0.4, 0.5) is 0 Å². The summed E-state index contributed by atoms with van der Waals surface area (Å²) >= 11 is 0. The van der Waals surface area contributed by atoms with Crippen molar-refractivity contribution >= 4 is 5.97 Å². The fourth-order valence-corrected chi connectivity index (χ4v) is 2.51. The number of aliphatic carboxylic acids is 1. The molecule has 2 rings (SSSR count). The summed E-state index contributed by atoms with van der Waals surface area (Å²) < 4.78 is 0. The second kappa shape index (κ2) is 3.81. The van der Waals surface area contributed by atoms with Crippen molar-refractivity contribution in [3.05, 3.63) is 29.3 Å². The monoisotopic (exact) mass is 220 g/mol. The van der Waals surface area contributed by atoms with Gasteiger partial charge in [-0.05, 0) is 25.8 Å². The number of aromatic hydroxyl groups is 1. The van der Waals surface area contributed by atoms with E-state index in [9.17, 15) is 9.90 Å². The minimum atomic E-state index is -0.791. The van der Waals surface area contributed by atoms with Crippen molar-refractivity contribution in [2.24, 2.45) is 0 Å². The Morgan fingerprint density at radius 1 is 1.44 bits per heavy atom. The van der Waals surface area contributed by atoms with Gasteiger partial charge in [-0.15, -0.1) is 0 Å². The lowest BCUT2D eigenvalue weighted by atomic mass is 9.62. The zero-order valence-corrected chi connectivity index (χ0v) is 9.36. The summed E-state index contributed by atoms with van der Waals surface area (Å²) in [6.45, 7) is 1.95. The molecule has 3 heteroatoms. The van der Waals surface area contributed by atoms with Crippen LogP contribution < -0.4 is 0 Å².